The molecule has 0 radical (unpaired) electrons. The number of sulfonamides is 1. The summed E-state index contributed by atoms with van der Waals surface area (Å²) in [5.41, 5.74) is -0.404. The van der Waals surface area contributed by atoms with Crippen LogP contribution < -0.4 is 4.72 Å². The number of halogens is 2. The number of aliphatic hydroxyl groups excluding tert-OH is 1. The Morgan fingerprint density at radius 1 is 1.22 bits per heavy atom. The number of aliphatic hydroxyl groups is 1. The van der Waals surface area contributed by atoms with Gasteiger partial charge in [0.1, 0.15) is 11.6 Å². The molecule has 0 heterocycles. The quantitative estimate of drug-likeness (QED) is 0.844. The van der Waals surface area contributed by atoms with Gasteiger partial charge in [0.25, 0.3) is 0 Å². The van der Waals surface area contributed by atoms with Crippen molar-refractivity contribution in [2.75, 3.05) is 13.2 Å². The minimum Gasteiger partial charge on any atom is -0.396 e. The molecular weight excluding hydrogens is 264 g/mol. The maximum absolute atomic E-state index is 12.9. The van der Waals surface area contributed by atoms with E-state index in [0.29, 0.717) is 6.07 Å². The first-order chi connectivity index (χ1) is 8.37. The zero-order valence-corrected chi connectivity index (χ0v) is 10.3. The first-order valence-electron chi connectivity index (χ1n) is 5.44. The second-order valence-electron chi connectivity index (χ2n) is 4.59. The molecule has 1 fully saturated rings. The molecule has 1 aromatic rings. The van der Waals surface area contributed by atoms with E-state index in [1.165, 1.54) is 0 Å². The van der Waals surface area contributed by atoms with E-state index >= 15 is 0 Å². The van der Waals surface area contributed by atoms with Gasteiger partial charge in [-0.15, -0.1) is 0 Å². The number of hydrogen-bond acceptors (Lipinski definition) is 3. The summed E-state index contributed by atoms with van der Waals surface area (Å²) >= 11 is 0. The molecule has 4 nitrogen and oxygen atoms in total. The largest absolute Gasteiger partial charge is 0.396 e. The predicted molar refractivity (Wildman–Crippen MR) is 60.3 cm³/mol. The van der Waals surface area contributed by atoms with Crippen LogP contribution in [0.5, 0.6) is 0 Å². The Labute approximate surface area is 104 Å². The normalized spacial score (nSPS) is 17.7. The van der Waals surface area contributed by atoms with Crippen molar-refractivity contribution >= 4 is 10.0 Å². The molecule has 0 aliphatic heterocycles. The van der Waals surface area contributed by atoms with Crippen molar-refractivity contribution in [3.8, 4) is 0 Å². The number of hydrogen-bond donors (Lipinski definition) is 2. The average Bonchev–Trinajstić information content (AvgIpc) is 3.06. The summed E-state index contributed by atoms with van der Waals surface area (Å²) in [5.74, 6) is -1.89. The van der Waals surface area contributed by atoms with Crippen molar-refractivity contribution in [2.24, 2.45) is 5.41 Å². The molecule has 0 bridgehead atoms. The van der Waals surface area contributed by atoms with Gasteiger partial charge in [-0.05, 0) is 25.0 Å². The van der Waals surface area contributed by atoms with E-state index in [1.807, 2.05) is 0 Å². The smallest absolute Gasteiger partial charge is 0.240 e. The van der Waals surface area contributed by atoms with Crippen LogP contribution in [0.2, 0.25) is 0 Å². The molecule has 0 unspecified atom stereocenters. The van der Waals surface area contributed by atoms with Crippen LogP contribution in [0.25, 0.3) is 0 Å². The summed E-state index contributed by atoms with van der Waals surface area (Å²) < 4.78 is 51.7. The summed E-state index contributed by atoms with van der Waals surface area (Å²) in [6.07, 6.45) is 1.48. The molecule has 0 aromatic heterocycles. The Bertz CT molecular complexity index is 535. The van der Waals surface area contributed by atoms with Gasteiger partial charge in [0.2, 0.25) is 10.0 Å². The fraction of sp³-hybridized carbons (Fsp3) is 0.455. The SMILES string of the molecule is O=S(=O)(NCC1(CO)CC1)c1cc(F)cc(F)c1. The van der Waals surface area contributed by atoms with Gasteiger partial charge in [-0.25, -0.2) is 21.9 Å². The summed E-state index contributed by atoms with van der Waals surface area (Å²) in [4.78, 5) is -0.450. The molecule has 2 rings (SSSR count). The first kappa shape index (κ1) is 13.4. The second kappa shape index (κ2) is 4.56. The van der Waals surface area contributed by atoms with Gasteiger partial charge in [0.05, 0.1) is 4.90 Å². The lowest BCUT2D eigenvalue weighted by molar-refractivity contribution is 0.213. The Hall–Kier alpha value is -1.05. The van der Waals surface area contributed by atoms with Crippen molar-refractivity contribution in [3.63, 3.8) is 0 Å². The van der Waals surface area contributed by atoms with Crippen molar-refractivity contribution in [3.05, 3.63) is 29.8 Å². The van der Waals surface area contributed by atoms with Gasteiger partial charge in [-0.1, -0.05) is 0 Å². The van der Waals surface area contributed by atoms with Crippen LogP contribution >= 0.6 is 0 Å². The number of rotatable bonds is 5. The maximum Gasteiger partial charge on any atom is 0.240 e. The lowest BCUT2D eigenvalue weighted by Crippen LogP contribution is -2.32. The highest BCUT2D eigenvalue weighted by Gasteiger charge is 2.42. The molecule has 1 aromatic carbocycles. The Kier molecular flexibility index (Phi) is 3.39. The Balaban J connectivity index is 2.15. The van der Waals surface area contributed by atoms with E-state index in [-0.39, 0.29) is 13.2 Å². The lowest BCUT2D eigenvalue weighted by atomic mass is 10.1. The topological polar surface area (TPSA) is 66.4 Å². The minimum absolute atomic E-state index is 0.0734. The van der Waals surface area contributed by atoms with E-state index < -0.39 is 32.0 Å². The highest BCUT2D eigenvalue weighted by atomic mass is 32.2. The lowest BCUT2D eigenvalue weighted by Gasteiger charge is -2.13. The molecule has 0 atom stereocenters. The summed E-state index contributed by atoms with van der Waals surface area (Å²) in [7, 11) is -3.95. The summed E-state index contributed by atoms with van der Waals surface area (Å²) in [6, 6.07) is 2.11. The van der Waals surface area contributed by atoms with Crippen LogP contribution in [-0.4, -0.2) is 26.7 Å². The molecular formula is C11H13F2NO3S. The highest BCUT2D eigenvalue weighted by molar-refractivity contribution is 7.89. The maximum atomic E-state index is 12.9. The van der Waals surface area contributed by atoms with Crippen LogP contribution in [0.1, 0.15) is 12.8 Å². The van der Waals surface area contributed by atoms with E-state index in [1.54, 1.807) is 0 Å². The molecule has 1 saturated carbocycles. The van der Waals surface area contributed by atoms with Crippen LogP contribution in [0.15, 0.2) is 23.1 Å². The van der Waals surface area contributed by atoms with Crippen molar-refractivity contribution in [1.82, 2.24) is 4.72 Å². The third-order valence-corrected chi connectivity index (χ3v) is 4.46. The Morgan fingerprint density at radius 3 is 2.22 bits per heavy atom. The molecule has 0 spiro atoms. The van der Waals surface area contributed by atoms with E-state index in [9.17, 15) is 17.2 Å². The third kappa shape index (κ3) is 2.85. The van der Waals surface area contributed by atoms with Gasteiger partial charge in [0.15, 0.2) is 0 Å². The number of nitrogens with one attached hydrogen (secondary N) is 1. The zero-order chi connectivity index (χ0) is 13.4. The molecule has 0 saturated heterocycles. The molecule has 0 amide bonds. The molecule has 1 aliphatic rings. The van der Waals surface area contributed by atoms with Gasteiger partial charge >= 0.3 is 0 Å². The van der Waals surface area contributed by atoms with E-state index in [4.69, 9.17) is 5.11 Å². The fourth-order valence-corrected chi connectivity index (χ4v) is 2.78. The van der Waals surface area contributed by atoms with Crippen LogP contribution in [-0.2, 0) is 10.0 Å². The first-order valence-corrected chi connectivity index (χ1v) is 6.92. The highest BCUT2D eigenvalue weighted by Crippen LogP contribution is 2.44. The third-order valence-electron chi connectivity index (χ3n) is 3.08. The fourth-order valence-electron chi connectivity index (χ4n) is 1.58. The van der Waals surface area contributed by atoms with Crippen molar-refractivity contribution in [2.45, 2.75) is 17.7 Å². The monoisotopic (exact) mass is 277 g/mol. The van der Waals surface area contributed by atoms with Gasteiger partial charge in [-0.2, -0.15) is 0 Å². The average molecular weight is 277 g/mol. The summed E-state index contributed by atoms with van der Waals surface area (Å²) in [5, 5.41) is 9.06. The molecule has 18 heavy (non-hydrogen) atoms. The molecule has 1 aliphatic carbocycles. The van der Waals surface area contributed by atoms with Crippen molar-refractivity contribution < 1.29 is 22.3 Å². The molecule has 7 heteroatoms. The van der Waals surface area contributed by atoms with Crippen LogP contribution in [0, 0.1) is 17.0 Å². The van der Waals surface area contributed by atoms with E-state index in [2.05, 4.69) is 4.72 Å². The molecule has 2 N–H and O–H groups in total. The zero-order valence-electron chi connectivity index (χ0n) is 9.49. The predicted octanol–water partition coefficient (Wildman–Crippen LogP) is 1.02. The van der Waals surface area contributed by atoms with Gasteiger partial charge < -0.3 is 5.11 Å². The van der Waals surface area contributed by atoms with E-state index in [0.717, 1.165) is 25.0 Å². The van der Waals surface area contributed by atoms with Gasteiger partial charge in [0, 0.05) is 24.6 Å². The standard InChI is InChI=1S/C11H13F2NO3S/c12-8-3-9(13)5-10(4-8)18(16,17)14-6-11(7-15)1-2-11/h3-5,14-15H,1-2,6-7H2. The molecule has 100 valence electrons. The van der Waals surface area contributed by atoms with Crippen LogP contribution in [0.4, 0.5) is 8.78 Å². The minimum atomic E-state index is -3.95. The van der Waals surface area contributed by atoms with Gasteiger partial charge in [-0.3, -0.25) is 0 Å². The number of benzene rings is 1. The van der Waals surface area contributed by atoms with Crippen LogP contribution in [0.3, 0.4) is 0 Å². The second-order valence-corrected chi connectivity index (χ2v) is 6.35. The summed E-state index contributed by atoms with van der Waals surface area (Å²) in [6.45, 7) is -0.0308. The van der Waals surface area contributed by atoms with Crippen molar-refractivity contribution in [1.29, 1.82) is 0 Å². The Morgan fingerprint density at radius 2 is 1.78 bits per heavy atom.